The van der Waals surface area contributed by atoms with Gasteiger partial charge in [-0.3, -0.25) is 4.68 Å². The Morgan fingerprint density at radius 2 is 2.40 bits per heavy atom. The first-order chi connectivity index (χ1) is 7.35. The molecule has 80 valence electrons. The fraction of sp³-hybridized carbons (Fsp3) is 0.400. The molecule has 15 heavy (non-hydrogen) atoms. The summed E-state index contributed by atoms with van der Waals surface area (Å²) in [6.07, 6.45) is 4.72. The maximum absolute atomic E-state index is 5.56. The quantitative estimate of drug-likeness (QED) is 0.859. The van der Waals surface area contributed by atoms with E-state index in [1.54, 1.807) is 11.3 Å². The van der Waals surface area contributed by atoms with E-state index in [4.69, 9.17) is 5.73 Å². The molecule has 2 rings (SSSR count). The molecule has 0 radical (unpaired) electrons. The molecule has 5 heteroatoms. The molecule has 0 spiro atoms. The summed E-state index contributed by atoms with van der Waals surface area (Å²) in [5, 5.41) is 5.27. The molecule has 2 aromatic rings. The lowest BCUT2D eigenvalue weighted by atomic mass is 10.4. The van der Waals surface area contributed by atoms with Crippen molar-refractivity contribution in [3.05, 3.63) is 23.3 Å². The molecule has 0 bridgehead atoms. The van der Waals surface area contributed by atoms with E-state index >= 15 is 0 Å². The number of rotatable bonds is 4. The molecule has 2 aromatic heterocycles. The molecular formula is C10H14N4S. The third-order valence-electron chi connectivity index (χ3n) is 2.13. The monoisotopic (exact) mass is 222 g/mol. The molecule has 0 aromatic carbocycles. The second-order valence-electron chi connectivity index (χ2n) is 3.28. The van der Waals surface area contributed by atoms with Gasteiger partial charge in [-0.15, -0.1) is 11.3 Å². The molecule has 0 aliphatic rings. The number of thiazole rings is 1. The van der Waals surface area contributed by atoms with E-state index in [1.165, 1.54) is 0 Å². The highest BCUT2D eigenvalue weighted by molar-refractivity contribution is 7.14. The van der Waals surface area contributed by atoms with Gasteiger partial charge in [-0.1, -0.05) is 6.92 Å². The third kappa shape index (κ3) is 2.08. The van der Waals surface area contributed by atoms with Crippen molar-refractivity contribution in [2.24, 2.45) is 5.73 Å². The minimum atomic E-state index is 0.555. The summed E-state index contributed by atoms with van der Waals surface area (Å²) in [5.74, 6) is 0. The average molecular weight is 222 g/mol. The molecule has 0 saturated carbocycles. The van der Waals surface area contributed by atoms with Crippen LogP contribution in [0.15, 0.2) is 18.5 Å². The minimum Gasteiger partial charge on any atom is -0.326 e. The van der Waals surface area contributed by atoms with E-state index in [0.29, 0.717) is 6.54 Å². The van der Waals surface area contributed by atoms with E-state index in [9.17, 15) is 0 Å². The lowest BCUT2D eigenvalue weighted by molar-refractivity contribution is 0.609. The first-order valence-corrected chi connectivity index (χ1v) is 5.83. The van der Waals surface area contributed by atoms with Crippen LogP contribution in [0.4, 0.5) is 0 Å². The Morgan fingerprint density at radius 1 is 1.53 bits per heavy atom. The largest absolute Gasteiger partial charge is 0.326 e. The van der Waals surface area contributed by atoms with Gasteiger partial charge in [0, 0.05) is 30.4 Å². The fourth-order valence-electron chi connectivity index (χ4n) is 1.42. The molecule has 2 heterocycles. The van der Waals surface area contributed by atoms with Crippen molar-refractivity contribution in [2.45, 2.75) is 26.4 Å². The van der Waals surface area contributed by atoms with Crippen molar-refractivity contribution in [3.8, 4) is 10.7 Å². The normalized spacial score (nSPS) is 10.8. The Bertz CT molecular complexity index is 432. The molecule has 0 aliphatic heterocycles. The molecule has 0 atom stereocenters. The smallest absolute Gasteiger partial charge is 0.141 e. The van der Waals surface area contributed by atoms with Gasteiger partial charge in [0.15, 0.2) is 0 Å². The molecule has 4 nitrogen and oxygen atoms in total. The maximum Gasteiger partial charge on any atom is 0.141 e. The average Bonchev–Trinajstić information content (AvgIpc) is 2.85. The molecule has 0 aliphatic carbocycles. The van der Waals surface area contributed by atoms with Gasteiger partial charge in [-0.25, -0.2) is 4.98 Å². The summed E-state index contributed by atoms with van der Waals surface area (Å²) in [7, 11) is 0. The number of hydrogen-bond acceptors (Lipinski definition) is 4. The van der Waals surface area contributed by atoms with Crippen molar-refractivity contribution in [3.63, 3.8) is 0 Å². The highest BCUT2D eigenvalue weighted by atomic mass is 32.1. The highest BCUT2D eigenvalue weighted by Gasteiger charge is 2.08. The van der Waals surface area contributed by atoms with Crippen molar-refractivity contribution in [1.82, 2.24) is 14.8 Å². The van der Waals surface area contributed by atoms with Gasteiger partial charge in [-0.2, -0.15) is 5.10 Å². The maximum atomic E-state index is 5.56. The van der Waals surface area contributed by atoms with E-state index in [0.717, 1.165) is 28.5 Å². The van der Waals surface area contributed by atoms with Crippen molar-refractivity contribution in [2.75, 3.05) is 0 Å². The molecule has 0 fully saturated rings. The first kappa shape index (κ1) is 10.3. The second kappa shape index (κ2) is 4.55. The molecule has 0 saturated heterocycles. The summed E-state index contributed by atoms with van der Waals surface area (Å²) < 4.78 is 1.99. The predicted octanol–water partition coefficient (Wildman–Crippen LogP) is 1.88. The van der Waals surface area contributed by atoms with Crippen LogP contribution in [-0.2, 0) is 13.1 Å². The number of aromatic nitrogens is 3. The third-order valence-corrected chi connectivity index (χ3v) is 3.17. The molecule has 2 N–H and O–H groups in total. The topological polar surface area (TPSA) is 56.7 Å². The van der Waals surface area contributed by atoms with E-state index < -0.39 is 0 Å². The number of nitrogens with zero attached hydrogens (tertiary/aromatic N) is 3. The van der Waals surface area contributed by atoms with Crippen LogP contribution in [0.5, 0.6) is 0 Å². The zero-order chi connectivity index (χ0) is 10.7. The molecule has 0 amide bonds. The van der Waals surface area contributed by atoms with Crippen molar-refractivity contribution < 1.29 is 0 Å². The fourth-order valence-corrected chi connectivity index (χ4v) is 2.25. The predicted molar refractivity (Wildman–Crippen MR) is 61.5 cm³/mol. The Kier molecular flexibility index (Phi) is 3.13. The van der Waals surface area contributed by atoms with Crippen molar-refractivity contribution in [1.29, 1.82) is 0 Å². The summed E-state index contributed by atoms with van der Waals surface area (Å²) in [6, 6.07) is 1.99. The van der Waals surface area contributed by atoms with E-state index in [-0.39, 0.29) is 0 Å². The summed E-state index contributed by atoms with van der Waals surface area (Å²) in [4.78, 5) is 5.46. The number of hydrogen-bond donors (Lipinski definition) is 1. The van der Waals surface area contributed by atoms with Gasteiger partial charge in [0.25, 0.3) is 0 Å². The van der Waals surface area contributed by atoms with Gasteiger partial charge in [-0.05, 0) is 12.5 Å². The van der Waals surface area contributed by atoms with Gasteiger partial charge in [0.1, 0.15) is 5.01 Å². The van der Waals surface area contributed by atoms with Gasteiger partial charge in [0.2, 0.25) is 0 Å². The number of aryl methyl sites for hydroxylation is 1. The Balaban J connectivity index is 2.31. The Hall–Kier alpha value is -1.20. The first-order valence-electron chi connectivity index (χ1n) is 5.02. The minimum absolute atomic E-state index is 0.555. The van der Waals surface area contributed by atoms with Crippen LogP contribution in [0.1, 0.15) is 18.2 Å². The zero-order valence-electron chi connectivity index (χ0n) is 8.68. The molecular weight excluding hydrogens is 208 g/mol. The van der Waals surface area contributed by atoms with Gasteiger partial charge >= 0.3 is 0 Å². The van der Waals surface area contributed by atoms with Crippen LogP contribution < -0.4 is 5.73 Å². The lowest BCUT2D eigenvalue weighted by Crippen LogP contribution is -2.00. The Morgan fingerprint density at radius 3 is 3.07 bits per heavy atom. The van der Waals surface area contributed by atoms with E-state index in [2.05, 4.69) is 17.0 Å². The van der Waals surface area contributed by atoms with Crippen LogP contribution in [0, 0.1) is 0 Å². The standard InChI is InChI=1S/C10H14N4S/c1-2-5-14-9(3-4-13-14)10-12-7-8(6-11)15-10/h3-4,7H,2,5-6,11H2,1H3. The van der Waals surface area contributed by atoms with Gasteiger partial charge in [0.05, 0.1) is 5.69 Å². The van der Waals surface area contributed by atoms with E-state index in [1.807, 2.05) is 23.1 Å². The van der Waals surface area contributed by atoms with Crippen molar-refractivity contribution >= 4 is 11.3 Å². The van der Waals surface area contributed by atoms with Crippen LogP contribution >= 0.6 is 11.3 Å². The molecule has 0 unspecified atom stereocenters. The SMILES string of the molecule is CCCn1nccc1-c1ncc(CN)s1. The summed E-state index contributed by atoms with van der Waals surface area (Å²) >= 11 is 1.63. The van der Waals surface area contributed by atoms with Crippen LogP contribution in [0.25, 0.3) is 10.7 Å². The lowest BCUT2D eigenvalue weighted by Gasteiger charge is -2.02. The van der Waals surface area contributed by atoms with Crippen LogP contribution in [-0.4, -0.2) is 14.8 Å². The van der Waals surface area contributed by atoms with Crippen LogP contribution in [0.3, 0.4) is 0 Å². The highest BCUT2D eigenvalue weighted by Crippen LogP contribution is 2.24. The number of nitrogens with two attached hydrogens (primary N) is 1. The van der Waals surface area contributed by atoms with Gasteiger partial charge < -0.3 is 5.73 Å². The summed E-state index contributed by atoms with van der Waals surface area (Å²) in [6.45, 7) is 3.62. The zero-order valence-corrected chi connectivity index (χ0v) is 9.50. The Labute approximate surface area is 92.8 Å². The van der Waals surface area contributed by atoms with Crippen LogP contribution in [0.2, 0.25) is 0 Å². The second-order valence-corrected chi connectivity index (χ2v) is 4.39. The summed E-state index contributed by atoms with van der Waals surface area (Å²) in [5.41, 5.74) is 6.65.